The summed E-state index contributed by atoms with van der Waals surface area (Å²) in [5, 5.41) is 3.48. The molecule has 1 fully saturated rings. The number of benzene rings is 1. The maximum atomic E-state index is 5.88. The molecule has 0 aliphatic carbocycles. The first-order valence-corrected chi connectivity index (χ1v) is 6.87. The van der Waals surface area contributed by atoms with Gasteiger partial charge in [-0.25, -0.2) is 4.98 Å². The van der Waals surface area contributed by atoms with Crippen LogP contribution in [0.4, 0.5) is 11.6 Å². The number of ether oxygens (including phenoxy) is 2. The summed E-state index contributed by atoms with van der Waals surface area (Å²) in [7, 11) is 1.91. The minimum absolute atomic E-state index is 0.0799. The Balaban J connectivity index is 1.89. The number of hydrogen-bond acceptors (Lipinski definition) is 5. The van der Waals surface area contributed by atoms with Gasteiger partial charge in [0.05, 0.1) is 30.5 Å². The number of nitrogens with zero attached hydrogens (tertiary/aromatic N) is 2. The largest absolute Gasteiger partial charge is 0.376 e. The molecule has 6 heteroatoms. The van der Waals surface area contributed by atoms with Crippen LogP contribution in [0.25, 0.3) is 11.0 Å². The second-order valence-electron chi connectivity index (χ2n) is 4.98. The molecule has 3 rings (SSSR count). The highest BCUT2D eigenvalue weighted by Crippen LogP contribution is 2.26. The van der Waals surface area contributed by atoms with Crippen molar-refractivity contribution in [2.24, 2.45) is 7.05 Å². The number of fused-ring (bicyclic) bond motifs is 1. The number of nitrogens with two attached hydrogens (primary N) is 1. The number of imidazole rings is 1. The van der Waals surface area contributed by atoms with Gasteiger partial charge in [0.1, 0.15) is 11.6 Å². The molecule has 108 valence electrons. The van der Waals surface area contributed by atoms with Gasteiger partial charge in [-0.05, 0) is 19.1 Å². The van der Waals surface area contributed by atoms with Crippen LogP contribution in [0.2, 0.25) is 0 Å². The standard InChI is InChI=1S/C14H20N4O2/c1-3-20-12-8-19-7-10(12)16-9-5-4-6-11-13(9)17-14(15)18(11)2/h4-6,10,12,16H,3,7-8H2,1-2H3,(H2,15,17). The number of nitrogen functional groups attached to an aromatic ring is 1. The third kappa shape index (κ3) is 2.21. The van der Waals surface area contributed by atoms with Gasteiger partial charge in [0.25, 0.3) is 0 Å². The van der Waals surface area contributed by atoms with Crippen LogP contribution in [0.3, 0.4) is 0 Å². The fourth-order valence-corrected chi connectivity index (χ4v) is 2.60. The van der Waals surface area contributed by atoms with Crippen LogP contribution in [0, 0.1) is 0 Å². The van der Waals surface area contributed by atoms with E-state index in [9.17, 15) is 0 Å². The predicted molar refractivity (Wildman–Crippen MR) is 78.8 cm³/mol. The summed E-state index contributed by atoms with van der Waals surface area (Å²) in [6, 6.07) is 6.16. The second-order valence-corrected chi connectivity index (χ2v) is 4.98. The van der Waals surface area contributed by atoms with Crippen molar-refractivity contribution < 1.29 is 9.47 Å². The van der Waals surface area contributed by atoms with Gasteiger partial charge in [-0.15, -0.1) is 0 Å². The zero-order chi connectivity index (χ0) is 14.1. The van der Waals surface area contributed by atoms with Crippen molar-refractivity contribution in [1.29, 1.82) is 0 Å². The summed E-state index contributed by atoms with van der Waals surface area (Å²) in [4.78, 5) is 4.42. The molecular weight excluding hydrogens is 256 g/mol. The van der Waals surface area contributed by atoms with Crippen molar-refractivity contribution in [3.8, 4) is 0 Å². The van der Waals surface area contributed by atoms with Gasteiger partial charge in [-0.2, -0.15) is 0 Å². The first-order chi connectivity index (χ1) is 9.70. The predicted octanol–water partition coefficient (Wildman–Crippen LogP) is 1.37. The molecule has 2 atom stereocenters. The van der Waals surface area contributed by atoms with Crippen LogP contribution in [-0.4, -0.2) is 41.5 Å². The first kappa shape index (κ1) is 13.2. The van der Waals surface area contributed by atoms with Gasteiger partial charge in [-0.3, -0.25) is 0 Å². The molecule has 1 saturated heterocycles. The van der Waals surface area contributed by atoms with E-state index in [1.165, 1.54) is 0 Å². The summed E-state index contributed by atoms with van der Waals surface area (Å²) in [6.45, 7) is 3.96. The summed E-state index contributed by atoms with van der Waals surface area (Å²) < 4.78 is 13.1. The molecule has 2 unspecified atom stereocenters. The quantitative estimate of drug-likeness (QED) is 0.882. The molecule has 0 amide bonds. The zero-order valence-electron chi connectivity index (χ0n) is 11.8. The van der Waals surface area contributed by atoms with Crippen LogP contribution in [0.15, 0.2) is 18.2 Å². The number of hydrogen-bond donors (Lipinski definition) is 2. The van der Waals surface area contributed by atoms with Crippen LogP contribution in [0.1, 0.15) is 6.92 Å². The van der Waals surface area contributed by atoms with Crippen LogP contribution >= 0.6 is 0 Å². The highest BCUT2D eigenvalue weighted by molar-refractivity contribution is 5.90. The van der Waals surface area contributed by atoms with Gasteiger partial charge in [-0.1, -0.05) is 6.07 Å². The third-order valence-electron chi connectivity index (χ3n) is 3.70. The number of aryl methyl sites for hydroxylation is 1. The van der Waals surface area contributed by atoms with Crippen molar-refractivity contribution in [3.63, 3.8) is 0 Å². The van der Waals surface area contributed by atoms with E-state index in [1.807, 2.05) is 36.7 Å². The van der Waals surface area contributed by atoms with Gasteiger partial charge in [0.15, 0.2) is 0 Å². The highest BCUT2D eigenvalue weighted by atomic mass is 16.5. The zero-order valence-corrected chi connectivity index (χ0v) is 11.8. The molecule has 1 aliphatic rings. The van der Waals surface area contributed by atoms with Crippen LogP contribution < -0.4 is 11.1 Å². The van der Waals surface area contributed by atoms with E-state index in [1.54, 1.807) is 0 Å². The molecule has 0 spiro atoms. The third-order valence-corrected chi connectivity index (χ3v) is 3.70. The Morgan fingerprint density at radius 3 is 3.15 bits per heavy atom. The van der Waals surface area contributed by atoms with E-state index in [-0.39, 0.29) is 12.1 Å². The number of anilines is 2. The molecule has 6 nitrogen and oxygen atoms in total. The molecule has 3 N–H and O–H groups in total. The summed E-state index contributed by atoms with van der Waals surface area (Å²) >= 11 is 0. The lowest BCUT2D eigenvalue weighted by molar-refractivity contribution is 0.0478. The number of nitrogens with one attached hydrogen (secondary N) is 1. The monoisotopic (exact) mass is 276 g/mol. The second kappa shape index (κ2) is 5.30. The van der Waals surface area contributed by atoms with Crippen molar-refractivity contribution in [2.45, 2.75) is 19.1 Å². The number of aromatic nitrogens is 2. The SMILES string of the molecule is CCOC1COCC1Nc1cccc2c1nc(N)n2C. The average Bonchev–Trinajstić information content (AvgIpc) is 2.98. The lowest BCUT2D eigenvalue weighted by Crippen LogP contribution is -2.34. The molecule has 0 bridgehead atoms. The Bertz CT molecular complexity index is 610. The molecule has 20 heavy (non-hydrogen) atoms. The lowest BCUT2D eigenvalue weighted by atomic mass is 10.2. The topological polar surface area (TPSA) is 74.3 Å². The van der Waals surface area contributed by atoms with Gasteiger partial charge in [0, 0.05) is 13.7 Å². The van der Waals surface area contributed by atoms with E-state index in [0.717, 1.165) is 16.7 Å². The molecule has 0 saturated carbocycles. The normalized spacial score (nSPS) is 22.5. The van der Waals surface area contributed by atoms with Gasteiger partial charge < -0.3 is 25.1 Å². The van der Waals surface area contributed by atoms with Crippen LogP contribution in [-0.2, 0) is 16.5 Å². The van der Waals surface area contributed by atoms with Crippen molar-refractivity contribution in [3.05, 3.63) is 18.2 Å². The average molecular weight is 276 g/mol. The van der Waals surface area contributed by atoms with E-state index >= 15 is 0 Å². The minimum Gasteiger partial charge on any atom is -0.376 e. The first-order valence-electron chi connectivity index (χ1n) is 6.87. The highest BCUT2D eigenvalue weighted by Gasteiger charge is 2.29. The Kier molecular flexibility index (Phi) is 3.50. The fourth-order valence-electron chi connectivity index (χ4n) is 2.60. The van der Waals surface area contributed by atoms with Crippen molar-refractivity contribution in [2.75, 3.05) is 30.9 Å². The molecule has 1 aromatic heterocycles. The maximum Gasteiger partial charge on any atom is 0.201 e. The molecule has 2 heterocycles. The number of para-hydroxylation sites is 1. The lowest BCUT2D eigenvalue weighted by Gasteiger charge is -2.20. The fraction of sp³-hybridized carbons (Fsp3) is 0.500. The van der Waals surface area contributed by atoms with Crippen molar-refractivity contribution >= 4 is 22.7 Å². The van der Waals surface area contributed by atoms with E-state index in [4.69, 9.17) is 15.2 Å². The Morgan fingerprint density at radius 1 is 1.50 bits per heavy atom. The van der Waals surface area contributed by atoms with Crippen LogP contribution in [0.5, 0.6) is 0 Å². The maximum absolute atomic E-state index is 5.88. The molecule has 1 aromatic carbocycles. The van der Waals surface area contributed by atoms with E-state index in [2.05, 4.69) is 10.3 Å². The smallest absolute Gasteiger partial charge is 0.201 e. The molecular formula is C14H20N4O2. The van der Waals surface area contributed by atoms with Crippen molar-refractivity contribution in [1.82, 2.24) is 9.55 Å². The van der Waals surface area contributed by atoms with E-state index in [0.29, 0.717) is 25.8 Å². The Morgan fingerprint density at radius 2 is 2.35 bits per heavy atom. The molecule has 1 aliphatic heterocycles. The summed E-state index contributed by atoms with van der Waals surface area (Å²) in [6.07, 6.45) is 0.0799. The summed E-state index contributed by atoms with van der Waals surface area (Å²) in [5.74, 6) is 0.512. The molecule has 0 radical (unpaired) electrons. The van der Waals surface area contributed by atoms with Gasteiger partial charge in [0.2, 0.25) is 5.95 Å². The summed E-state index contributed by atoms with van der Waals surface area (Å²) in [5.41, 5.74) is 8.74. The minimum atomic E-state index is 0.0799. The Hall–Kier alpha value is -1.79. The van der Waals surface area contributed by atoms with Gasteiger partial charge >= 0.3 is 0 Å². The van der Waals surface area contributed by atoms with E-state index < -0.39 is 0 Å². The Labute approximate surface area is 117 Å². The number of rotatable bonds is 4. The molecule has 2 aromatic rings.